The van der Waals surface area contributed by atoms with E-state index in [9.17, 15) is 14.7 Å². The smallest absolute Gasteiger partial charge is 0.268 e. The Morgan fingerprint density at radius 3 is 2.67 bits per heavy atom. The predicted molar refractivity (Wildman–Crippen MR) is 88.6 cm³/mol. The fourth-order valence-electron chi connectivity index (χ4n) is 3.18. The third-order valence-corrected chi connectivity index (χ3v) is 4.74. The first-order valence-electron chi connectivity index (χ1n) is 8.00. The number of nitrogens with zero attached hydrogens (tertiary/aromatic N) is 3. The molecular formula is C17H22N4O3. The molecule has 1 atom stereocenters. The van der Waals surface area contributed by atoms with Crippen LogP contribution in [-0.2, 0) is 14.1 Å². The molecule has 0 bridgehead atoms. The number of pyridine rings is 1. The summed E-state index contributed by atoms with van der Waals surface area (Å²) < 4.78 is 3.39. The Labute approximate surface area is 139 Å². The highest BCUT2D eigenvalue weighted by molar-refractivity contribution is 5.92. The van der Waals surface area contributed by atoms with Gasteiger partial charge in [0.15, 0.2) is 5.43 Å². The molecular weight excluding hydrogens is 308 g/mol. The Hall–Kier alpha value is -2.41. The molecule has 1 fully saturated rings. The number of carbonyl (C=O) groups excluding carboxylic acids is 1. The molecule has 2 heterocycles. The average molecular weight is 330 g/mol. The molecule has 7 heteroatoms. The first-order valence-corrected chi connectivity index (χ1v) is 8.00. The van der Waals surface area contributed by atoms with E-state index >= 15 is 0 Å². The van der Waals surface area contributed by atoms with Crippen molar-refractivity contribution in [2.24, 2.45) is 20.0 Å². The van der Waals surface area contributed by atoms with Crippen LogP contribution in [0.1, 0.15) is 40.6 Å². The zero-order valence-electron chi connectivity index (χ0n) is 14.1. The van der Waals surface area contributed by atoms with Crippen LogP contribution in [-0.4, -0.2) is 31.5 Å². The molecule has 0 aliphatic heterocycles. The highest BCUT2D eigenvalue weighted by Crippen LogP contribution is 2.38. The van der Waals surface area contributed by atoms with E-state index in [0.717, 1.165) is 11.3 Å². The maximum atomic E-state index is 12.7. The van der Waals surface area contributed by atoms with Gasteiger partial charge in [-0.05, 0) is 25.7 Å². The number of hydrogen-bond donors (Lipinski definition) is 2. The summed E-state index contributed by atoms with van der Waals surface area (Å²) in [5, 5.41) is 16.8. The Bertz CT molecular complexity index is 817. The van der Waals surface area contributed by atoms with E-state index in [4.69, 9.17) is 0 Å². The number of aliphatic hydroxyl groups is 1. The molecule has 0 spiro atoms. The number of rotatable bonds is 4. The van der Waals surface area contributed by atoms with Crippen LogP contribution in [0, 0.1) is 12.8 Å². The number of aryl methyl sites for hydroxylation is 2. The van der Waals surface area contributed by atoms with E-state index in [2.05, 4.69) is 10.4 Å². The Morgan fingerprint density at radius 1 is 1.38 bits per heavy atom. The number of aliphatic hydroxyl groups excluding tert-OH is 1. The zero-order valence-corrected chi connectivity index (χ0v) is 14.1. The molecule has 24 heavy (non-hydrogen) atoms. The molecule has 2 N–H and O–H groups in total. The van der Waals surface area contributed by atoms with Crippen LogP contribution in [0.25, 0.3) is 0 Å². The lowest BCUT2D eigenvalue weighted by Crippen LogP contribution is -2.42. The van der Waals surface area contributed by atoms with Gasteiger partial charge >= 0.3 is 0 Å². The Balaban J connectivity index is 1.87. The van der Waals surface area contributed by atoms with Gasteiger partial charge in [-0.3, -0.25) is 14.3 Å². The van der Waals surface area contributed by atoms with Gasteiger partial charge in [-0.2, -0.15) is 5.10 Å². The predicted octanol–water partition coefficient (Wildman–Crippen LogP) is 0.669. The minimum absolute atomic E-state index is 0.162. The number of nitrogens with one attached hydrogen (secondary N) is 1. The Morgan fingerprint density at radius 2 is 2.08 bits per heavy atom. The largest absolute Gasteiger partial charge is 0.393 e. The monoisotopic (exact) mass is 330 g/mol. The van der Waals surface area contributed by atoms with Crippen molar-refractivity contribution in [1.29, 1.82) is 0 Å². The average Bonchev–Trinajstić information content (AvgIpc) is 2.91. The van der Waals surface area contributed by atoms with Crippen LogP contribution in [0.3, 0.4) is 0 Å². The van der Waals surface area contributed by atoms with E-state index in [1.807, 2.05) is 13.2 Å². The SMILES string of the molecule is Cc1cc(=O)cc(C(=O)N[C@H](c2cnn(C)c2)C2CC(O)C2)n1C. The molecule has 1 saturated carbocycles. The van der Waals surface area contributed by atoms with Crippen molar-refractivity contribution in [3.63, 3.8) is 0 Å². The molecule has 3 rings (SSSR count). The van der Waals surface area contributed by atoms with Crippen molar-refractivity contribution in [3.8, 4) is 0 Å². The maximum absolute atomic E-state index is 12.7. The summed E-state index contributed by atoms with van der Waals surface area (Å²) >= 11 is 0. The van der Waals surface area contributed by atoms with Gasteiger partial charge in [-0.25, -0.2) is 0 Å². The van der Waals surface area contributed by atoms with Crippen LogP contribution in [0.2, 0.25) is 0 Å². The van der Waals surface area contributed by atoms with Crippen molar-refractivity contribution < 1.29 is 9.90 Å². The topological polar surface area (TPSA) is 89.2 Å². The van der Waals surface area contributed by atoms with E-state index < -0.39 is 0 Å². The fourth-order valence-corrected chi connectivity index (χ4v) is 3.18. The van der Waals surface area contributed by atoms with Crippen molar-refractivity contribution >= 4 is 5.91 Å². The van der Waals surface area contributed by atoms with E-state index in [0.29, 0.717) is 18.5 Å². The van der Waals surface area contributed by atoms with Gasteiger partial charge in [-0.15, -0.1) is 0 Å². The van der Waals surface area contributed by atoms with Crippen LogP contribution in [0.5, 0.6) is 0 Å². The van der Waals surface area contributed by atoms with Gasteiger partial charge in [-0.1, -0.05) is 0 Å². The van der Waals surface area contributed by atoms with Crippen LogP contribution >= 0.6 is 0 Å². The van der Waals surface area contributed by atoms with Crippen molar-refractivity contribution in [3.05, 3.63) is 51.7 Å². The molecule has 7 nitrogen and oxygen atoms in total. The normalized spacial score (nSPS) is 21.2. The third kappa shape index (κ3) is 3.12. The van der Waals surface area contributed by atoms with E-state index in [1.165, 1.54) is 12.1 Å². The van der Waals surface area contributed by atoms with Crippen LogP contribution < -0.4 is 10.7 Å². The number of aromatic nitrogens is 3. The maximum Gasteiger partial charge on any atom is 0.268 e. The third-order valence-electron chi connectivity index (χ3n) is 4.74. The lowest BCUT2D eigenvalue weighted by atomic mass is 9.75. The second kappa shape index (κ2) is 6.24. The summed E-state index contributed by atoms with van der Waals surface area (Å²) in [6.07, 6.45) is 4.57. The summed E-state index contributed by atoms with van der Waals surface area (Å²) in [6.45, 7) is 1.79. The summed E-state index contributed by atoms with van der Waals surface area (Å²) in [6, 6.07) is 2.61. The molecule has 0 radical (unpaired) electrons. The molecule has 2 aromatic heterocycles. The lowest BCUT2D eigenvalue weighted by Gasteiger charge is -2.37. The molecule has 2 aromatic rings. The quantitative estimate of drug-likeness (QED) is 0.862. The highest BCUT2D eigenvalue weighted by Gasteiger charge is 2.36. The summed E-state index contributed by atoms with van der Waals surface area (Å²) in [5.74, 6) is -0.136. The summed E-state index contributed by atoms with van der Waals surface area (Å²) in [7, 11) is 3.58. The van der Waals surface area contributed by atoms with Crippen LogP contribution in [0.4, 0.5) is 0 Å². The second-order valence-electron chi connectivity index (χ2n) is 6.56. The van der Waals surface area contributed by atoms with Gasteiger partial charge in [0, 0.05) is 43.7 Å². The van der Waals surface area contributed by atoms with Crippen LogP contribution in [0.15, 0.2) is 29.3 Å². The van der Waals surface area contributed by atoms with Gasteiger partial charge in [0.2, 0.25) is 0 Å². The van der Waals surface area contributed by atoms with E-state index in [-0.39, 0.29) is 29.4 Å². The van der Waals surface area contributed by atoms with Crippen molar-refractivity contribution in [2.75, 3.05) is 0 Å². The first-order chi connectivity index (χ1) is 11.3. The summed E-state index contributed by atoms with van der Waals surface area (Å²) in [4.78, 5) is 24.5. The Kier molecular flexibility index (Phi) is 4.28. The minimum Gasteiger partial charge on any atom is -0.393 e. The summed E-state index contributed by atoms with van der Waals surface area (Å²) in [5.41, 5.74) is 1.77. The lowest BCUT2D eigenvalue weighted by molar-refractivity contribution is 0.0234. The highest BCUT2D eigenvalue weighted by atomic mass is 16.3. The fraction of sp³-hybridized carbons (Fsp3) is 0.471. The number of amides is 1. The van der Waals surface area contributed by atoms with E-state index in [1.54, 1.807) is 29.4 Å². The molecule has 0 saturated heterocycles. The molecule has 128 valence electrons. The standard InChI is InChI=1S/C17H22N4O3/c1-10-4-13(22)7-15(21(10)3)17(24)19-16(11-5-14(23)6-11)12-8-18-20(2)9-12/h4,7-9,11,14,16,23H,5-6H2,1-3H3,(H,19,24)/t11?,14?,16-/m0/s1. The molecule has 1 aliphatic carbocycles. The molecule has 1 amide bonds. The number of hydrogen-bond acceptors (Lipinski definition) is 4. The van der Waals surface area contributed by atoms with Gasteiger partial charge < -0.3 is 15.0 Å². The molecule has 1 aliphatic rings. The number of carbonyl (C=O) groups is 1. The van der Waals surface area contributed by atoms with Gasteiger partial charge in [0.05, 0.1) is 18.3 Å². The van der Waals surface area contributed by atoms with Gasteiger partial charge in [0.25, 0.3) is 5.91 Å². The first kappa shape index (κ1) is 16.4. The molecule has 0 aromatic carbocycles. The van der Waals surface area contributed by atoms with Gasteiger partial charge in [0.1, 0.15) is 5.69 Å². The molecule has 0 unspecified atom stereocenters. The zero-order chi connectivity index (χ0) is 17.4. The second-order valence-corrected chi connectivity index (χ2v) is 6.56. The minimum atomic E-state index is -0.311. The van der Waals surface area contributed by atoms with Crippen molar-refractivity contribution in [2.45, 2.75) is 31.9 Å². The van der Waals surface area contributed by atoms with Crippen molar-refractivity contribution in [1.82, 2.24) is 19.7 Å².